The number of nitrogens with zero attached hydrogens (tertiary/aromatic N) is 1. The molecule has 0 fully saturated rings. The standard InChI is InChI=1S/C20H19N3O2S/c1-13-10-16(24)9-8-15(13)11-17(21-2)19(25)23-20-22-18(12-26-20)14-6-4-3-5-7-14/h3-12,21,24H,1-2H3,(H,22,23,25)/b17-11-. The van der Waals surface area contributed by atoms with E-state index in [1.165, 1.54) is 11.3 Å². The first-order valence-corrected chi connectivity index (χ1v) is 8.96. The zero-order valence-corrected chi connectivity index (χ0v) is 15.3. The van der Waals surface area contributed by atoms with E-state index in [1.54, 1.807) is 31.3 Å². The highest BCUT2D eigenvalue weighted by atomic mass is 32.1. The van der Waals surface area contributed by atoms with Crippen LogP contribution in [0.25, 0.3) is 17.3 Å². The van der Waals surface area contributed by atoms with Crippen molar-refractivity contribution in [2.45, 2.75) is 6.92 Å². The lowest BCUT2D eigenvalue weighted by Gasteiger charge is -2.08. The molecule has 1 aromatic heterocycles. The molecule has 26 heavy (non-hydrogen) atoms. The average Bonchev–Trinajstić information content (AvgIpc) is 3.10. The molecule has 6 heteroatoms. The number of aromatic hydroxyl groups is 1. The average molecular weight is 365 g/mol. The third kappa shape index (κ3) is 4.10. The van der Waals surface area contributed by atoms with Crippen molar-refractivity contribution in [2.24, 2.45) is 0 Å². The summed E-state index contributed by atoms with van der Waals surface area (Å²) in [7, 11) is 1.69. The molecule has 0 saturated heterocycles. The van der Waals surface area contributed by atoms with Crippen LogP contribution >= 0.6 is 11.3 Å². The number of hydrogen-bond donors (Lipinski definition) is 3. The molecule has 0 spiro atoms. The number of carbonyl (C=O) groups excluding carboxylic acids is 1. The lowest BCUT2D eigenvalue weighted by atomic mass is 10.1. The van der Waals surface area contributed by atoms with E-state index in [0.29, 0.717) is 10.8 Å². The molecule has 0 aliphatic carbocycles. The second-order valence-electron chi connectivity index (χ2n) is 5.71. The summed E-state index contributed by atoms with van der Waals surface area (Å²) >= 11 is 1.38. The van der Waals surface area contributed by atoms with Crippen LogP contribution in [0, 0.1) is 6.92 Å². The number of anilines is 1. The van der Waals surface area contributed by atoms with Gasteiger partial charge in [-0.15, -0.1) is 11.3 Å². The van der Waals surface area contributed by atoms with Gasteiger partial charge in [0.15, 0.2) is 5.13 Å². The summed E-state index contributed by atoms with van der Waals surface area (Å²) in [4.78, 5) is 17.0. The van der Waals surface area contributed by atoms with E-state index >= 15 is 0 Å². The van der Waals surface area contributed by atoms with Crippen LogP contribution in [0.1, 0.15) is 11.1 Å². The quantitative estimate of drug-likeness (QED) is 0.597. The third-order valence-electron chi connectivity index (χ3n) is 3.86. The van der Waals surface area contributed by atoms with E-state index in [0.717, 1.165) is 22.4 Å². The summed E-state index contributed by atoms with van der Waals surface area (Å²) in [6.07, 6.45) is 1.75. The number of hydrogen-bond acceptors (Lipinski definition) is 5. The Balaban J connectivity index is 1.78. The lowest BCUT2D eigenvalue weighted by molar-refractivity contribution is -0.113. The van der Waals surface area contributed by atoms with Crippen molar-refractivity contribution in [1.29, 1.82) is 0 Å². The fourth-order valence-corrected chi connectivity index (χ4v) is 3.18. The summed E-state index contributed by atoms with van der Waals surface area (Å²) in [5.74, 6) is -0.0692. The molecule has 5 nitrogen and oxygen atoms in total. The molecule has 1 heterocycles. The minimum absolute atomic E-state index is 0.200. The molecule has 0 bridgehead atoms. The Morgan fingerprint density at radius 1 is 1.19 bits per heavy atom. The Hall–Kier alpha value is -3.12. The molecule has 132 valence electrons. The van der Waals surface area contributed by atoms with Crippen LogP contribution in [0.15, 0.2) is 59.6 Å². The molecule has 0 aliphatic heterocycles. The van der Waals surface area contributed by atoms with Crippen LogP contribution in [0.3, 0.4) is 0 Å². The van der Waals surface area contributed by atoms with Crippen molar-refractivity contribution in [1.82, 2.24) is 10.3 Å². The molecule has 0 atom stereocenters. The number of benzene rings is 2. The summed E-state index contributed by atoms with van der Waals surface area (Å²) in [5.41, 5.74) is 3.98. The van der Waals surface area contributed by atoms with Gasteiger partial charge < -0.3 is 10.4 Å². The number of aromatic nitrogens is 1. The van der Waals surface area contributed by atoms with Crippen molar-refractivity contribution < 1.29 is 9.90 Å². The van der Waals surface area contributed by atoms with E-state index in [4.69, 9.17) is 0 Å². The van der Waals surface area contributed by atoms with Crippen LogP contribution in [-0.2, 0) is 4.79 Å². The van der Waals surface area contributed by atoms with E-state index in [-0.39, 0.29) is 11.7 Å². The van der Waals surface area contributed by atoms with Gasteiger partial charge in [-0.05, 0) is 36.3 Å². The Morgan fingerprint density at radius 2 is 1.96 bits per heavy atom. The SMILES string of the molecule is CN/C(=C\c1ccc(O)cc1C)C(=O)Nc1nc(-c2ccccc2)cs1. The topological polar surface area (TPSA) is 74.2 Å². The largest absolute Gasteiger partial charge is 0.508 e. The normalized spacial score (nSPS) is 11.2. The highest BCUT2D eigenvalue weighted by Gasteiger charge is 2.12. The zero-order chi connectivity index (χ0) is 18.5. The van der Waals surface area contributed by atoms with E-state index in [2.05, 4.69) is 15.6 Å². The van der Waals surface area contributed by atoms with Crippen molar-refractivity contribution >= 4 is 28.5 Å². The number of aryl methyl sites for hydroxylation is 1. The Bertz CT molecular complexity index is 949. The molecule has 3 rings (SSSR count). The van der Waals surface area contributed by atoms with Gasteiger partial charge in [0.05, 0.1) is 5.69 Å². The number of carbonyl (C=O) groups is 1. The van der Waals surface area contributed by atoms with Crippen molar-refractivity contribution in [3.8, 4) is 17.0 Å². The molecule has 3 aromatic rings. The zero-order valence-electron chi connectivity index (χ0n) is 14.5. The highest BCUT2D eigenvalue weighted by Crippen LogP contribution is 2.25. The summed E-state index contributed by atoms with van der Waals surface area (Å²) in [6.45, 7) is 1.88. The van der Waals surface area contributed by atoms with Crippen LogP contribution in [0.2, 0.25) is 0 Å². The van der Waals surface area contributed by atoms with Crippen LogP contribution in [0.5, 0.6) is 5.75 Å². The van der Waals surface area contributed by atoms with E-state index < -0.39 is 0 Å². The maximum Gasteiger partial charge on any atom is 0.273 e. The molecule has 2 aromatic carbocycles. The fraction of sp³-hybridized carbons (Fsp3) is 0.100. The lowest BCUT2D eigenvalue weighted by Crippen LogP contribution is -2.22. The van der Waals surface area contributed by atoms with Crippen LogP contribution < -0.4 is 10.6 Å². The summed E-state index contributed by atoms with van der Waals surface area (Å²) in [5, 5.41) is 17.7. The van der Waals surface area contributed by atoms with Crippen molar-refractivity contribution in [3.05, 3.63) is 70.7 Å². The third-order valence-corrected chi connectivity index (χ3v) is 4.62. The van der Waals surface area contributed by atoms with Gasteiger partial charge >= 0.3 is 0 Å². The van der Waals surface area contributed by atoms with Gasteiger partial charge in [0, 0.05) is 18.0 Å². The number of amides is 1. The van der Waals surface area contributed by atoms with Gasteiger partial charge in [0.25, 0.3) is 5.91 Å². The predicted molar refractivity (Wildman–Crippen MR) is 106 cm³/mol. The Kier molecular flexibility index (Phi) is 5.34. The number of thiazole rings is 1. The molecule has 3 N–H and O–H groups in total. The maximum absolute atomic E-state index is 12.5. The smallest absolute Gasteiger partial charge is 0.273 e. The number of phenols is 1. The molecular weight excluding hydrogens is 346 g/mol. The van der Waals surface area contributed by atoms with E-state index in [1.807, 2.05) is 42.6 Å². The monoisotopic (exact) mass is 365 g/mol. The van der Waals surface area contributed by atoms with Gasteiger partial charge in [0.1, 0.15) is 11.4 Å². The number of nitrogens with one attached hydrogen (secondary N) is 2. The first-order chi connectivity index (χ1) is 12.6. The minimum Gasteiger partial charge on any atom is -0.508 e. The molecule has 0 aliphatic rings. The molecule has 1 amide bonds. The van der Waals surface area contributed by atoms with Gasteiger partial charge in [-0.2, -0.15) is 0 Å². The van der Waals surface area contributed by atoms with Gasteiger partial charge in [-0.3, -0.25) is 10.1 Å². The second-order valence-corrected chi connectivity index (χ2v) is 6.57. The minimum atomic E-state index is -0.270. The molecule has 0 saturated carbocycles. The van der Waals surface area contributed by atoms with Crippen LogP contribution in [-0.4, -0.2) is 23.0 Å². The number of rotatable bonds is 5. The first kappa shape index (κ1) is 17.7. The summed E-state index contributed by atoms with van der Waals surface area (Å²) < 4.78 is 0. The predicted octanol–water partition coefficient (Wildman–Crippen LogP) is 4.02. The fourth-order valence-electron chi connectivity index (χ4n) is 2.47. The van der Waals surface area contributed by atoms with Crippen molar-refractivity contribution in [2.75, 3.05) is 12.4 Å². The highest BCUT2D eigenvalue weighted by molar-refractivity contribution is 7.14. The van der Waals surface area contributed by atoms with Gasteiger partial charge in [-0.25, -0.2) is 4.98 Å². The molecule has 0 radical (unpaired) electrons. The molecule has 0 unspecified atom stereocenters. The van der Waals surface area contributed by atoms with Crippen LogP contribution in [0.4, 0.5) is 5.13 Å². The number of likely N-dealkylation sites (N-methyl/N-ethyl adjacent to an activating group) is 1. The maximum atomic E-state index is 12.5. The molecular formula is C20H19N3O2S. The number of phenolic OH excluding ortho intramolecular Hbond substituents is 1. The summed E-state index contributed by atoms with van der Waals surface area (Å²) in [6, 6.07) is 14.8. The first-order valence-electron chi connectivity index (χ1n) is 8.08. The Labute approximate surface area is 156 Å². The van der Waals surface area contributed by atoms with Gasteiger partial charge in [0.2, 0.25) is 0 Å². The van der Waals surface area contributed by atoms with Crippen molar-refractivity contribution in [3.63, 3.8) is 0 Å². The van der Waals surface area contributed by atoms with E-state index in [9.17, 15) is 9.90 Å². The van der Waals surface area contributed by atoms with Gasteiger partial charge in [-0.1, -0.05) is 36.4 Å². The Morgan fingerprint density at radius 3 is 2.65 bits per heavy atom. The second kappa shape index (κ2) is 7.84.